The van der Waals surface area contributed by atoms with Gasteiger partial charge in [-0.2, -0.15) is 0 Å². The highest BCUT2D eigenvalue weighted by Gasteiger charge is 2.08. The van der Waals surface area contributed by atoms with Crippen LogP contribution in [0.4, 0.5) is 0 Å². The van der Waals surface area contributed by atoms with Gasteiger partial charge in [-0.1, -0.05) is 23.4 Å². The SMILES string of the molecule is Cc1ccc(CC(N)Cc2cn(C)nn2)cc1C. The molecule has 96 valence electrons. The highest BCUT2D eigenvalue weighted by atomic mass is 15.4. The fourth-order valence-electron chi connectivity index (χ4n) is 2.06. The Morgan fingerprint density at radius 1 is 1.22 bits per heavy atom. The van der Waals surface area contributed by atoms with Gasteiger partial charge in [0.15, 0.2) is 0 Å². The van der Waals surface area contributed by atoms with E-state index in [1.54, 1.807) is 4.68 Å². The molecule has 18 heavy (non-hydrogen) atoms. The molecular formula is C14H20N4. The molecule has 0 fully saturated rings. The van der Waals surface area contributed by atoms with Gasteiger partial charge in [0, 0.05) is 25.7 Å². The zero-order valence-electron chi connectivity index (χ0n) is 11.2. The highest BCUT2D eigenvalue weighted by molar-refractivity contribution is 5.30. The second-order valence-corrected chi connectivity index (χ2v) is 4.97. The zero-order valence-corrected chi connectivity index (χ0v) is 11.2. The quantitative estimate of drug-likeness (QED) is 0.887. The van der Waals surface area contributed by atoms with Crippen molar-refractivity contribution in [2.24, 2.45) is 12.8 Å². The minimum Gasteiger partial charge on any atom is -0.327 e. The van der Waals surface area contributed by atoms with Crippen molar-refractivity contribution >= 4 is 0 Å². The number of nitrogens with two attached hydrogens (primary N) is 1. The van der Waals surface area contributed by atoms with Crippen molar-refractivity contribution in [1.82, 2.24) is 15.0 Å². The van der Waals surface area contributed by atoms with E-state index in [0.29, 0.717) is 0 Å². The number of benzene rings is 1. The molecule has 0 radical (unpaired) electrons. The normalized spacial score (nSPS) is 12.7. The van der Waals surface area contributed by atoms with Crippen LogP contribution in [0.15, 0.2) is 24.4 Å². The number of hydrogen-bond acceptors (Lipinski definition) is 3. The molecule has 1 atom stereocenters. The predicted molar refractivity (Wildman–Crippen MR) is 72.3 cm³/mol. The summed E-state index contributed by atoms with van der Waals surface area (Å²) in [4.78, 5) is 0. The molecule has 1 heterocycles. The van der Waals surface area contributed by atoms with E-state index in [-0.39, 0.29) is 6.04 Å². The summed E-state index contributed by atoms with van der Waals surface area (Å²) in [6, 6.07) is 6.61. The molecule has 1 unspecified atom stereocenters. The van der Waals surface area contributed by atoms with Crippen molar-refractivity contribution < 1.29 is 0 Å². The van der Waals surface area contributed by atoms with E-state index in [1.165, 1.54) is 16.7 Å². The Morgan fingerprint density at radius 2 is 2.00 bits per heavy atom. The molecule has 2 rings (SSSR count). The molecule has 1 aromatic heterocycles. The average Bonchev–Trinajstić information content (AvgIpc) is 2.69. The molecule has 1 aromatic carbocycles. The Labute approximate surface area is 108 Å². The Bertz CT molecular complexity index is 530. The molecule has 4 heteroatoms. The predicted octanol–water partition coefficient (Wildman–Crippen LogP) is 1.54. The van der Waals surface area contributed by atoms with Gasteiger partial charge in [0.25, 0.3) is 0 Å². The third kappa shape index (κ3) is 3.17. The highest BCUT2D eigenvalue weighted by Crippen LogP contribution is 2.12. The van der Waals surface area contributed by atoms with Gasteiger partial charge in [0.1, 0.15) is 0 Å². The van der Waals surface area contributed by atoms with Crippen LogP contribution in [0.1, 0.15) is 22.4 Å². The standard InChI is InChI=1S/C14H20N4/c1-10-4-5-12(6-11(10)2)7-13(15)8-14-9-18(3)17-16-14/h4-6,9,13H,7-8,15H2,1-3H3. The molecule has 0 saturated heterocycles. The van der Waals surface area contributed by atoms with Crippen LogP contribution in [-0.2, 0) is 19.9 Å². The summed E-state index contributed by atoms with van der Waals surface area (Å²) >= 11 is 0. The van der Waals surface area contributed by atoms with E-state index in [0.717, 1.165) is 18.5 Å². The van der Waals surface area contributed by atoms with Crippen LogP contribution in [0.25, 0.3) is 0 Å². The molecule has 0 aliphatic carbocycles. The second-order valence-electron chi connectivity index (χ2n) is 4.97. The van der Waals surface area contributed by atoms with Gasteiger partial charge >= 0.3 is 0 Å². The van der Waals surface area contributed by atoms with E-state index >= 15 is 0 Å². The maximum absolute atomic E-state index is 6.16. The summed E-state index contributed by atoms with van der Waals surface area (Å²) in [6.45, 7) is 4.26. The van der Waals surface area contributed by atoms with Crippen LogP contribution in [0.3, 0.4) is 0 Å². The minimum absolute atomic E-state index is 0.0869. The first kappa shape index (κ1) is 12.8. The van der Waals surface area contributed by atoms with E-state index in [4.69, 9.17) is 5.73 Å². The topological polar surface area (TPSA) is 56.7 Å². The molecule has 0 aliphatic rings. The van der Waals surface area contributed by atoms with Crippen LogP contribution in [0.5, 0.6) is 0 Å². The molecule has 0 aliphatic heterocycles. The van der Waals surface area contributed by atoms with Crippen molar-refractivity contribution in [2.45, 2.75) is 32.7 Å². The summed E-state index contributed by atoms with van der Waals surface area (Å²) in [6.07, 6.45) is 3.55. The Kier molecular flexibility index (Phi) is 3.77. The molecule has 0 bridgehead atoms. The van der Waals surface area contributed by atoms with Gasteiger partial charge in [0.05, 0.1) is 5.69 Å². The fraction of sp³-hybridized carbons (Fsp3) is 0.429. The van der Waals surface area contributed by atoms with E-state index < -0.39 is 0 Å². The minimum atomic E-state index is 0.0869. The van der Waals surface area contributed by atoms with Gasteiger partial charge in [0.2, 0.25) is 0 Å². The molecule has 2 aromatic rings. The van der Waals surface area contributed by atoms with Crippen molar-refractivity contribution in [1.29, 1.82) is 0 Å². The average molecular weight is 244 g/mol. The van der Waals surface area contributed by atoms with Crippen LogP contribution in [-0.4, -0.2) is 21.0 Å². The lowest BCUT2D eigenvalue weighted by atomic mass is 9.99. The summed E-state index contributed by atoms with van der Waals surface area (Å²) in [5.74, 6) is 0. The lowest BCUT2D eigenvalue weighted by Crippen LogP contribution is -2.25. The van der Waals surface area contributed by atoms with Crippen LogP contribution < -0.4 is 5.73 Å². The van der Waals surface area contributed by atoms with Gasteiger partial charge in [-0.25, -0.2) is 0 Å². The summed E-state index contributed by atoms with van der Waals surface area (Å²) in [5.41, 5.74) is 11.0. The largest absolute Gasteiger partial charge is 0.327 e. The maximum atomic E-state index is 6.16. The summed E-state index contributed by atoms with van der Waals surface area (Å²) in [7, 11) is 1.87. The van der Waals surface area contributed by atoms with Crippen molar-refractivity contribution in [2.75, 3.05) is 0 Å². The van der Waals surface area contributed by atoms with Crippen molar-refractivity contribution in [3.63, 3.8) is 0 Å². The number of hydrogen-bond donors (Lipinski definition) is 1. The molecule has 4 nitrogen and oxygen atoms in total. The Balaban J connectivity index is 1.98. The lowest BCUT2D eigenvalue weighted by Gasteiger charge is -2.11. The van der Waals surface area contributed by atoms with Gasteiger partial charge in [-0.15, -0.1) is 5.10 Å². The number of nitrogens with zero attached hydrogens (tertiary/aromatic N) is 3. The summed E-state index contributed by atoms with van der Waals surface area (Å²) in [5, 5.41) is 7.98. The first-order valence-electron chi connectivity index (χ1n) is 6.21. The first-order valence-corrected chi connectivity index (χ1v) is 6.21. The van der Waals surface area contributed by atoms with E-state index in [2.05, 4.69) is 42.4 Å². The van der Waals surface area contributed by atoms with Gasteiger partial charge in [-0.05, 0) is 37.0 Å². The van der Waals surface area contributed by atoms with E-state index in [9.17, 15) is 0 Å². The Morgan fingerprint density at radius 3 is 2.61 bits per heavy atom. The van der Waals surface area contributed by atoms with Gasteiger partial charge < -0.3 is 5.73 Å². The zero-order chi connectivity index (χ0) is 13.1. The van der Waals surface area contributed by atoms with Gasteiger partial charge in [-0.3, -0.25) is 4.68 Å². The number of aryl methyl sites for hydroxylation is 3. The van der Waals surface area contributed by atoms with Crippen LogP contribution in [0.2, 0.25) is 0 Å². The first-order chi connectivity index (χ1) is 8.54. The molecular weight excluding hydrogens is 224 g/mol. The monoisotopic (exact) mass is 244 g/mol. The van der Waals surface area contributed by atoms with Crippen LogP contribution in [0, 0.1) is 13.8 Å². The number of rotatable bonds is 4. The lowest BCUT2D eigenvalue weighted by molar-refractivity contribution is 0.651. The van der Waals surface area contributed by atoms with E-state index in [1.807, 2.05) is 13.2 Å². The van der Waals surface area contributed by atoms with Crippen molar-refractivity contribution in [3.05, 3.63) is 46.8 Å². The van der Waals surface area contributed by atoms with Crippen molar-refractivity contribution in [3.8, 4) is 0 Å². The third-order valence-corrected chi connectivity index (χ3v) is 3.19. The molecule has 0 amide bonds. The fourth-order valence-corrected chi connectivity index (χ4v) is 2.06. The smallest absolute Gasteiger partial charge is 0.0842 e. The molecule has 0 saturated carbocycles. The summed E-state index contributed by atoms with van der Waals surface area (Å²) < 4.78 is 1.71. The Hall–Kier alpha value is -1.68. The molecule has 0 spiro atoms. The second kappa shape index (κ2) is 5.31. The van der Waals surface area contributed by atoms with Crippen LogP contribution >= 0.6 is 0 Å². The molecule has 2 N–H and O–H groups in total. The number of aromatic nitrogens is 3. The third-order valence-electron chi connectivity index (χ3n) is 3.19. The maximum Gasteiger partial charge on any atom is 0.0842 e.